The molecule has 2 heterocycles. The minimum Gasteiger partial charge on any atom is -0.382 e. The number of nitrogens with two attached hydrogens (primary N) is 2. The maximum absolute atomic E-state index is 5.97. The Balaban J connectivity index is 0.000000396. The van der Waals surface area contributed by atoms with E-state index in [1.54, 1.807) is 0 Å². The van der Waals surface area contributed by atoms with E-state index in [1.807, 2.05) is 28.8 Å². The van der Waals surface area contributed by atoms with Crippen molar-refractivity contribution in [1.82, 2.24) is 14.5 Å². The number of fused-ring (bicyclic) bond motifs is 3. The lowest BCUT2D eigenvalue weighted by Gasteiger charge is -2.07. The summed E-state index contributed by atoms with van der Waals surface area (Å²) in [4.78, 5) is 8.70. The van der Waals surface area contributed by atoms with E-state index < -0.39 is 0 Å². The van der Waals surface area contributed by atoms with Crippen molar-refractivity contribution in [2.45, 2.75) is 46.6 Å². The second-order valence-electron chi connectivity index (χ2n) is 5.33. The van der Waals surface area contributed by atoms with E-state index in [2.05, 4.69) is 30.7 Å². The van der Waals surface area contributed by atoms with E-state index in [0.717, 1.165) is 29.4 Å². The van der Waals surface area contributed by atoms with Crippen LogP contribution in [0.15, 0.2) is 24.3 Å². The van der Waals surface area contributed by atoms with Gasteiger partial charge in [-0.2, -0.15) is 0 Å². The quantitative estimate of drug-likeness (QED) is 0.766. The van der Waals surface area contributed by atoms with Gasteiger partial charge in [0.15, 0.2) is 5.82 Å². The van der Waals surface area contributed by atoms with Crippen LogP contribution in [-0.2, 0) is 6.54 Å². The van der Waals surface area contributed by atoms with Crippen molar-refractivity contribution >= 4 is 33.7 Å². The van der Waals surface area contributed by atoms with Crippen LogP contribution < -0.4 is 11.5 Å². The topological polar surface area (TPSA) is 82.8 Å². The number of para-hydroxylation sites is 1. The average Bonchev–Trinajstić information content (AvgIpc) is 2.86. The Morgan fingerprint density at radius 1 is 0.955 bits per heavy atom. The number of benzene rings is 1. The molecule has 118 valence electrons. The van der Waals surface area contributed by atoms with Crippen LogP contribution >= 0.6 is 0 Å². The van der Waals surface area contributed by atoms with Gasteiger partial charge in [0.1, 0.15) is 5.52 Å². The van der Waals surface area contributed by atoms with Crippen molar-refractivity contribution in [2.24, 2.45) is 0 Å². The van der Waals surface area contributed by atoms with Crippen molar-refractivity contribution in [1.29, 1.82) is 0 Å². The van der Waals surface area contributed by atoms with Gasteiger partial charge in [0.25, 0.3) is 0 Å². The number of unbranched alkanes of at least 4 members (excludes halogenated alkanes) is 1. The van der Waals surface area contributed by atoms with E-state index >= 15 is 0 Å². The Kier molecular flexibility index (Phi) is 5.20. The highest BCUT2D eigenvalue weighted by Crippen LogP contribution is 2.29. The standard InChI is InChI=1S/C13H15N5.C4H10/c1-2-7-18-11-8-5-3-4-6-9(8)16-12(14)10(11)17-13(18)15;1-3-4-2/h3-6H,2,7H2,1H3,(H2,14,16)(H2,15,17);3-4H2,1-2H3. The van der Waals surface area contributed by atoms with Crippen molar-refractivity contribution in [3.63, 3.8) is 0 Å². The van der Waals surface area contributed by atoms with Crippen LogP contribution in [0.2, 0.25) is 0 Å². The molecular formula is C17H25N5. The van der Waals surface area contributed by atoms with Crippen LogP contribution in [-0.4, -0.2) is 14.5 Å². The first-order valence-corrected chi connectivity index (χ1v) is 7.93. The summed E-state index contributed by atoms with van der Waals surface area (Å²) in [6.07, 6.45) is 3.63. The number of nitrogen functional groups attached to an aromatic ring is 2. The molecule has 0 amide bonds. The molecule has 0 radical (unpaired) electrons. The Bertz CT molecular complexity index is 758. The van der Waals surface area contributed by atoms with Crippen LogP contribution in [0.25, 0.3) is 21.9 Å². The molecule has 0 atom stereocenters. The lowest BCUT2D eigenvalue weighted by atomic mass is 10.2. The van der Waals surface area contributed by atoms with Gasteiger partial charge in [0.2, 0.25) is 5.95 Å². The number of hydrogen-bond donors (Lipinski definition) is 2. The molecule has 3 aromatic rings. The normalized spacial score (nSPS) is 10.7. The summed E-state index contributed by atoms with van der Waals surface area (Å²) in [5, 5.41) is 1.04. The first-order valence-electron chi connectivity index (χ1n) is 7.93. The third-order valence-corrected chi connectivity index (χ3v) is 3.59. The van der Waals surface area contributed by atoms with Crippen molar-refractivity contribution in [3.8, 4) is 0 Å². The van der Waals surface area contributed by atoms with E-state index in [4.69, 9.17) is 11.5 Å². The zero-order chi connectivity index (χ0) is 16.1. The molecule has 0 unspecified atom stereocenters. The number of hydrogen-bond acceptors (Lipinski definition) is 4. The number of imidazole rings is 1. The number of aromatic nitrogens is 3. The highest BCUT2D eigenvalue weighted by molar-refractivity contribution is 6.07. The van der Waals surface area contributed by atoms with Crippen molar-refractivity contribution < 1.29 is 0 Å². The first-order chi connectivity index (χ1) is 10.6. The second-order valence-corrected chi connectivity index (χ2v) is 5.33. The SMILES string of the molecule is CCCC.CCCn1c(N)nc2c(N)nc3ccccc3c21. The molecule has 0 bridgehead atoms. The van der Waals surface area contributed by atoms with Gasteiger partial charge in [0, 0.05) is 11.9 Å². The van der Waals surface area contributed by atoms with Crippen LogP contribution in [0, 0.1) is 0 Å². The molecule has 4 N–H and O–H groups in total. The molecule has 0 aliphatic carbocycles. The third-order valence-electron chi connectivity index (χ3n) is 3.59. The smallest absolute Gasteiger partial charge is 0.201 e. The molecule has 0 saturated carbocycles. The number of pyridine rings is 1. The first kappa shape index (κ1) is 16.1. The molecule has 5 nitrogen and oxygen atoms in total. The van der Waals surface area contributed by atoms with Crippen molar-refractivity contribution in [3.05, 3.63) is 24.3 Å². The summed E-state index contributed by atoms with van der Waals surface area (Å²) >= 11 is 0. The summed E-state index contributed by atoms with van der Waals surface area (Å²) in [5.41, 5.74) is 14.5. The lowest BCUT2D eigenvalue weighted by Crippen LogP contribution is -2.03. The molecule has 1 aromatic carbocycles. The summed E-state index contributed by atoms with van der Waals surface area (Å²) in [7, 11) is 0. The molecular weight excluding hydrogens is 274 g/mol. The molecule has 0 fully saturated rings. The molecule has 2 aromatic heterocycles. The predicted octanol–water partition coefficient (Wildman–Crippen LogP) is 3.97. The lowest BCUT2D eigenvalue weighted by molar-refractivity contribution is 0.708. The van der Waals surface area contributed by atoms with Crippen LogP contribution in [0.5, 0.6) is 0 Å². The number of anilines is 2. The summed E-state index contributed by atoms with van der Waals surface area (Å²) < 4.78 is 2.01. The van der Waals surface area contributed by atoms with Gasteiger partial charge in [-0.3, -0.25) is 0 Å². The zero-order valence-corrected chi connectivity index (χ0v) is 13.6. The molecule has 0 spiro atoms. The predicted molar refractivity (Wildman–Crippen MR) is 94.7 cm³/mol. The van der Waals surface area contributed by atoms with Crippen LogP contribution in [0.1, 0.15) is 40.0 Å². The summed E-state index contributed by atoms with van der Waals surface area (Å²) in [6.45, 7) is 7.30. The van der Waals surface area contributed by atoms with E-state index in [1.165, 1.54) is 12.8 Å². The van der Waals surface area contributed by atoms with Gasteiger partial charge < -0.3 is 16.0 Å². The van der Waals surface area contributed by atoms with Gasteiger partial charge in [-0.05, 0) is 12.5 Å². The monoisotopic (exact) mass is 299 g/mol. The van der Waals surface area contributed by atoms with E-state index in [0.29, 0.717) is 17.3 Å². The molecule has 22 heavy (non-hydrogen) atoms. The summed E-state index contributed by atoms with van der Waals surface area (Å²) in [5.74, 6) is 0.932. The van der Waals surface area contributed by atoms with Gasteiger partial charge in [-0.1, -0.05) is 51.8 Å². The summed E-state index contributed by atoms with van der Waals surface area (Å²) in [6, 6.07) is 7.91. The zero-order valence-electron chi connectivity index (χ0n) is 13.6. The minimum absolute atomic E-state index is 0.435. The fourth-order valence-electron chi connectivity index (χ4n) is 2.33. The third kappa shape index (κ3) is 2.98. The van der Waals surface area contributed by atoms with Crippen LogP contribution in [0.4, 0.5) is 11.8 Å². The molecule has 0 aliphatic rings. The fraction of sp³-hybridized carbons (Fsp3) is 0.412. The number of rotatable bonds is 3. The number of aryl methyl sites for hydroxylation is 1. The van der Waals surface area contributed by atoms with Crippen LogP contribution in [0.3, 0.4) is 0 Å². The second kappa shape index (κ2) is 7.11. The Labute approximate surface area is 131 Å². The Morgan fingerprint density at radius 2 is 1.64 bits per heavy atom. The van der Waals surface area contributed by atoms with Gasteiger partial charge in [-0.25, -0.2) is 9.97 Å². The minimum atomic E-state index is 0.435. The van der Waals surface area contributed by atoms with Gasteiger partial charge in [-0.15, -0.1) is 0 Å². The van der Waals surface area contributed by atoms with Crippen molar-refractivity contribution in [2.75, 3.05) is 11.5 Å². The highest BCUT2D eigenvalue weighted by atomic mass is 15.2. The van der Waals surface area contributed by atoms with E-state index in [-0.39, 0.29) is 0 Å². The highest BCUT2D eigenvalue weighted by Gasteiger charge is 2.14. The maximum atomic E-state index is 5.97. The fourth-order valence-corrected chi connectivity index (χ4v) is 2.33. The van der Waals surface area contributed by atoms with Gasteiger partial charge >= 0.3 is 0 Å². The van der Waals surface area contributed by atoms with E-state index in [9.17, 15) is 0 Å². The molecule has 0 saturated heterocycles. The Hall–Kier alpha value is -2.30. The largest absolute Gasteiger partial charge is 0.382 e. The number of nitrogens with zero attached hydrogens (tertiary/aromatic N) is 3. The Morgan fingerprint density at radius 3 is 2.27 bits per heavy atom. The molecule has 3 rings (SSSR count). The molecule has 5 heteroatoms. The average molecular weight is 299 g/mol. The molecule has 0 aliphatic heterocycles. The van der Waals surface area contributed by atoms with Gasteiger partial charge in [0.05, 0.1) is 11.0 Å². The maximum Gasteiger partial charge on any atom is 0.201 e.